The van der Waals surface area contributed by atoms with Crippen molar-refractivity contribution in [1.82, 2.24) is 10.1 Å². The molecular weight excluding hydrogens is 242 g/mol. The summed E-state index contributed by atoms with van der Waals surface area (Å²) in [5, 5.41) is 3.87. The number of aryl methyl sites for hydroxylation is 1. The van der Waals surface area contributed by atoms with Crippen LogP contribution >= 0.6 is 0 Å². The SMILES string of the molecule is CCCc1cc(C(=O)N2C[C@H](CCC)[C@@H](N)C2)no1. The van der Waals surface area contributed by atoms with Crippen molar-refractivity contribution in [2.45, 2.75) is 45.6 Å². The third-order valence-electron chi connectivity index (χ3n) is 3.71. The van der Waals surface area contributed by atoms with Gasteiger partial charge in [0.25, 0.3) is 5.91 Å². The molecule has 2 atom stereocenters. The fourth-order valence-corrected chi connectivity index (χ4v) is 2.68. The van der Waals surface area contributed by atoms with Gasteiger partial charge in [0, 0.05) is 31.6 Å². The third-order valence-corrected chi connectivity index (χ3v) is 3.71. The van der Waals surface area contributed by atoms with E-state index in [1.807, 2.05) is 0 Å². The Morgan fingerprint density at radius 2 is 2.26 bits per heavy atom. The minimum atomic E-state index is -0.0554. The Labute approximate surface area is 114 Å². The van der Waals surface area contributed by atoms with Crippen LogP contribution in [-0.4, -0.2) is 35.1 Å². The molecule has 0 unspecified atom stereocenters. The van der Waals surface area contributed by atoms with Gasteiger partial charge >= 0.3 is 0 Å². The van der Waals surface area contributed by atoms with Crippen LogP contribution in [0.15, 0.2) is 10.6 Å². The molecule has 1 saturated heterocycles. The highest BCUT2D eigenvalue weighted by atomic mass is 16.5. The highest BCUT2D eigenvalue weighted by Crippen LogP contribution is 2.22. The van der Waals surface area contributed by atoms with Gasteiger partial charge in [-0.05, 0) is 18.8 Å². The molecule has 0 aliphatic carbocycles. The van der Waals surface area contributed by atoms with E-state index in [0.717, 1.165) is 38.0 Å². The van der Waals surface area contributed by atoms with E-state index in [4.69, 9.17) is 10.3 Å². The first-order valence-corrected chi connectivity index (χ1v) is 7.16. The van der Waals surface area contributed by atoms with Gasteiger partial charge in [-0.1, -0.05) is 25.4 Å². The van der Waals surface area contributed by atoms with Crippen molar-refractivity contribution >= 4 is 5.91 Å². The Kier molecular flexibility index (Phi) is 4.58. The molecule has 1 aliphatic rings. The molecule has 1 aliphatic heterocycles. The van der Waals surface area contributed by atoms with Crippen molar-refractivity contribution in [2.75, 3.05) is 13.1 Å². The number of nitrogens with zero attached hydrogens (tertiary/aromatic N) is 2. The smallest absolute Gasteiger partial charge is 0.276 e. The van der Waals surface area contributed by atoms with Crippen molar-refractivity contribution in [2.24, 2.45) is 11.7 Å². The lowest BCUT2D eigenvalue weighted by Gasteiger charge is -2.14. The molecule has 5 nitrogen and oxygen atoms in total. The molecule has 0 bridgehead atoms. The number of nitrogens with two attached hydrogens (primary N) is 1. The zero-order chi connectivity index (χ0) is 13.8. The van der Waals surface area contributed by atoms with E-state index >= 15 is 0 Å². The first kappa shape index (κ1) is 14.1. The molecule has 5 heteroatoms. The van der Waals surface area contributed by atoms with Crippen LogP contribution in [0.1, 0.15) is 49.4 Å². The van der Waals surface area contributed by atoms with E-state index in [2.05, 4.69) is 19.0 Å². The lowest BCUT2D eigenvalue weighted by molar-refractivity contribution is 0.0775. The molecule has 0 radical (unpaired) electrons. The number of hydrogen-bond acceptors (Lipinski definition) is 4. The summed E-state index contributed by atoms with van der Waals surface area (Å²) in [6.45, 7) is 5.58. The fraction of sp³-hybridized carbons (Fsp3) is 0.714. The highest BCUT2D eigenvalue weighted by Gasteiger charge is 2.33. The van der Waals surface area contributed by atoms with Gasteiger partial charge in [0.2, 0.25) is 0 Å². The molecule has 2 rings (SSSR count). The summed E-state index contributed by atoms with van der Waals surface area (Å²) in [6, 6.07) is 1.84. The number of aromatic nitrogens is 1. The molecule has 0 spiro atoms. The molecule has 2 heterocycles. The first-order valence-electron chi connectivity index (χ1n) is 7.16. The van der Waals surface area contributed by atoms with Gasteiger partial charge in [-0.25, -0.2) is 0 Å². The zero-order valence-corrected chi connectivity index (χ0v) is 11.8. The molecule has 1 aromatic heterocycles. The summed E-state index contributed by atoms with van der Waals surface area (Å²) in [4.78, 5) is 14.1. The molecule has 1 aromatic rings. The number of carbonyl (C=O) groups is 1. The van der Waals surface area contributed by atoms with Gasteiger partial charge in [0.1, 0.15) is 5.76 Å². The van der Waals surface area contributed by atoms with Crippen molar-refractivity contribution in [1.29, 1.82) is 0 Å². The van der Waals surface area contributed by atoms with Crippen LogP contribution in [0, 0.1) is 5.92 Å². The average Bonchev–Trinajstić information content (AvgIpc) is 2.98. The number of amides is 1. The summed E-state index contributed by atoms with van der Waals surface area (Å²) in [6.07, 6.45) is 3.98. The van der Waals surface area contributed by atoms with E-state index in [9.17, 15) is 4.79 Å². The van der Waals surface area contributed by atoms with E-state index in [1.165, 1.54) is 0 Å². The molecule has 0 aromatic carbocycles. The standard InChI is InChI=1S/C14H23N3O2/c1-3-5-10-8-17(9-12(10)15)14(18)13-7-11(6-4-2)19-16-13/h7,10,12H,3-6,8-9,15H2,1-2H3/t10-,12-/m0/s1. The summed E-state index contributed by atoms with van der Waals surface area (Å²) in [7, 11) is 0. The molecule has 0 saturated carbocycles. The normalized spacial score (nSPS) is 23.0. The Balaban J connectivity index is 1.99. The van der Waals surface area contributed by atoms with Crippen LogP contribution in [-0.2, 0) is 6.42 Å². The van der Waals surface area contributed by atoms with E-state index in [0.29, 0.717) is 18.2 Å². The maximum atomic E-state index is 12.3. The largest absolute Gasteiger partial charge is 0.361 e. The second-order valence-corrected chi connectivity index (χ2v) is 5.35. The van der Waals surface area contributed by atoms with Crippen LogP contribution in [0.2, 0.25) is 0 Å². The minimum Gasteiger partial charge on any atom is -0.361 e. The summed E-state index contributed by atoms with van der Waals surface area (Å²) >= 11 is 0. The van der Waals surface area contributed by atoms with E-state index in [-0.39, 0.29) is 11.9 Å². The van der Waals surface area contributed by atoms with Crippen LogP contribution in [0.4, 0.5) is 0 Å². The van der Waals surface area contributed by atoms with Gasteiger partial charge in [0.15, 0.2) is 5.69 Å². The topological polar surface area (TPSA) is 72.4 Å². The van der Waals surface area contributed by atoms with Crippen molar-refractivity contribution in [3.63, 3.8) is 0 Å². The third kappa shape index (κ3) is 3.15. The van der Waals surface area contributed by atoms with Gasteiger partial charge in [-0.2, -0.15) is 0 Å². The van der Waals surface area contributed by atoms with E-state index in [1.54, 1.807) is 11.0 Å². The number of hydrogen-bond donors (Lipinski definition) is 1. The Morgan fingerprint density at radius 3 is 2.95 bits per heavy atom. The average molecular weight is 265 g/mol. The minimum absolute atomic E-state index is 0.0554. The van der Waals surface area contributed by atoms with Crippen LogP contribution in [0.5, 0.6) is 0 Å². The predicted octanol–water partition coefficient (Wildman–Crippen LogP) is 1.83. The molecule has 1 fully saturated rings. The molecule has 1 amide bonds. The summed E-state index contributed by atoms with van der Waals surface area (Å²) < 4.78 is 5.16. The van der Waals surface area contributed by atoms with Crippen LogP contribution < -0.4 is 5.73 Å². The number of rotatable bonds is 5. The lowest BCUT2D eigenvalue weighted by atomic mass is 9.99. The van der Waals surface area contributed by atoms with Crippen LogP contribution in [0.3, 0.4) is 0 Å². The Morgan fingerprint density at radius 1 is 1.47 bits per heavy atom. The van der Waals surface area contributed by atoms with Gasteiger partial charge in [-0.3, -0.25) is 4.79 Å². The molecule has 19 heavy (non-hydrogen) atoms. The van der Waals surface area contributed by atoms with Crippen LogP contribution in [0.25, 0.3) is 0 Å². The molecule has 106 valence electrons. The zero-order valence-electron chi connectivity index (χ0n) is 11.8. The maximum absolute atomic E-state index is 12.3. The van der Waals surface area contributed by atoms with Gasteiger partial charge < -0.3 is 15.2 Å². The number of likely N-dealkylation sites (tertiary alicyclic amines) is 1. The lowest BCUT2D eigenvalue weighted by Crippen LogP contribution is -2.32. The highest BCUT2D eigenvalue weighted by molar-refractivity contribution is 5.92. The molecular formula is C14H23N3O2. The Bertz CT molecular complexity index is 430. The predicted molar refractivity (Wildman–Crippen MR) is 72.8 cm³/mol. The Hall–Kier alpha value is -1.36. The second kappa shape index (κ2) is 6.19. The quantitative estimate of drug-likeness (QED) is 0.881. The monoisotopic (exact) mass is 265 g/mol. The van der Waals surface area contributed by atoms with E-state index < -0.39 is 0 Å². The summed E-state index contributed by atoms with van der Waals surface area (Å²) in [5.74, 6) is 1.13. The fourth-order valence-electron chi connectivity index (χ4n) is 2.68. The second-order valence-electron chi connectivity index (χ2n) is 5.35. The van der Waals surface area contributed by atoms with Crippen molar-refractivity contribution in [3.05, 3.63) is 17.5 Å². The van der Waals surface area contributed by atoms with Crippen molar-refractivity contribution in [3.8, 4) is 0 Å². The summed E-state index contributed by atoms with van der Waals surface area (Å²) in [5.41, 5.74) is 6.50. The molecule has 2 N–H and O–H groups in total. The van der Waals surface area contributed by atoms with Gasteiger partial charge in [-0.15, -0.1) is 0 Å². The maximum Gasteiger partial charge on any atom is 0.276 e. The van der Waals surface area contributed by atoms with Gasteiger partial charge in [0.05, 0.1) is 0 Å². The first-order chi connectivity index (χ1) is 9.15. The van der Waals surface area contributed by atoms with Crippen molar-refractivity contribution < 1.29 is 9.32 Å². The number of carbonyl (C=O) groups excluding carboxylic acids is 1.